The molecule has 25 heavy (non-hydrogen) atoms. The molecule has 0 aromatic heterocycles. The van der Waals surface area contributed by atoms with Crippen molar-refractivity contribution in [1.29, 1.82) is 0 Å². The van der Waals surface area contributed by atoms with E-state index in [2.05, 4.69) is 23.1 Å². The molecule has 1 aliphatic heterocycles. The molecule has 0 N–H and O–H groups in total. The summed E-state index contributed by atoms with van der Waals surface area (Å²) in [4.78, 5) is 15.4. The second-order valence-corrected chi connectivity index (χ2v) is 8.20. The topological polar surface area (TPSA) is 29.5 Å². The molecule has 3 heteroatoms. The molecule has 0 bridgehead atoms. The number of methoxy groups -OCH3 is 1. The van der Waals surface area contributed by atoms with E-state index in [0.29, 0.717) is 24.3 Å². The number of likely N-dealkylation sites (tertiary alicyclic amines) is 1. The Bertz CT molecular complexity index is 620. The lowest BCUT2D eigenvalue weighted by molar-refractivity contribution is -0.133. The average molecular weight is 341 g/mol. The highest BCUT2D eigenvalue weighted by Gasteiger charge is 2.36. The van der Waals surface area contributed by atoms with Crippen molar-refractivity contribution in [3.05, 3.63) is 29.3 Å². The number of carbonyl (C=O) groups excluding carboxylic acids is 1. The molecule has 2 aliphatic carbocycles. The van der Waals surface area contributed by atoms with Crippen LogP contribution in [-0.2, 0) is 11.2 Å². The average Bonchev–Trinajstić information content (AvgIpc) is 3.32. The lowest BCUT2D eigenvalue weighted by atomic mass is 9.80. The molecule has 0 spiro atoms. The van der Waals surface area contributed by atoms with Gasteiger partial charge in [0.05, 0.1) is 7.11 Å². The molecular weight excluding hydrogens is 310 g/mol. The van der Waals surface area contributed by atoms with E-state index in [1.54, 1.807) is 7.11 Å². The van der Waals surface area contributed by atoms with E-state index >= 15 is 0 Å². The molecule has 0 radical (unpaired) electrons. The van der Waals surface area contributed by atoms with E-state index in [9.17, 15) is 4.79 Å². The van der Waals surface area contributed by atoms with E-state index < -0.39 is 0 Å². The van der Waals surface area contributed by atoms with Crippen LogP contribution in [0.4, 0.5) is 0 Å². The van der Waals surface area contributed by atoms with Gasteiger partial charge in [-0.05, 0) is 80.0 Å². The van der Waals surface area contributed by atoms with Crippen LogP contribution in [0.3, 0.4) is 0 Å². The van der Waals surface area contributed by atoms with Gasteiger partial charge in [0.15, 0.2) is 0 Å². The van der Waals surface area contributed by atoms with Crippen molar-refractivity contribution >= 4 is 5.91 Å². The number of aryl methyl sites for hydroxylation is 1. The zero-order chi connectivity index (χ0) is 17.2. The third-order valence-electron chi connectivity index (χ3n) is 6.77. The van der Waals surface area contributed by atoms with E-state index in [1.807, 2.05) is 0 Å². The van der Waals surface area contributed by atoms with Crippen LogP contribution in [0, 0.1) is 5.92 Å². The van der Waals surface area contributed by atoms with Crippen LogP contribution in [-0.4, -0.2) is 30.5 Å². The molecular formula is C22H31NO2. The molecule has 1 heterocycles. The number of benzene rings is 1. The SMILES string of the molecule is COc1ccc2c(c1)CCC[C@H]2CC(=O)N1CCC[C@H]1C1CCCC1. The Labute approximate surface area is 151 Å². The summed E-state index contributed by atoms with van der Waals surface area (Å²) in [5, 5.41) is 0. The quantitative estimate of drug-likeness (QED) is 0.795. The van der Waals surface area contributed by atoms with Gasteiger partial charge in [0, 0.05) is 19.0 Å². The van der Waals surface area contributed by atoms with Crippen LogP contribution in [0.2, 0.25) is 0 Å². The van der Waals surface area contributed by atoms with Crippen molar-refractivity contribution in [2.24, 2.45) is 5.92 Å². The van der Waals surface area contributed by atoms with Gasteiger partial charge < -0.3 is 9.64 Å². The first kappa shape index (κ1) is 16.9. The molecule has 2 fully saturated rings. The molecule has 1 saturated heterocycles. The smallest absolute Gasteiger partial charge is 0.223 e. The Morgan fingerprint density at radius 1 is 1.12 bits per heavy atom. The Morgan fingerprint density at radius 2 is 1.96 bits per heavy atom. The second-order valence-electron chi connectivity index (χ2n) is 8.20. The third-order valence-corrected chi connectivity index (χ3v) is 6.77. The van der Waals surface area contributed by atoms with Crippen molar-refractivity contribution < 1.29 is 9.53 Å². The zero-order valence-corrected chi connectivity index (χ0v) is 15.5. The molecule has 1 saturated carbocycles. The summed E-state index contributed by atoms with van der Waals surface area (Å²) in [6.07, 6.45) is 12.0. The zero-order valence-electron chi connectivity index (χ0n) is 15.5. The van der Waals surface area contributed by atoms with Gasteiger partial charge >= 0.3 is 0 Å². The summed E-state index contributed by atoms with van der Waals surface area (Å²) >= 11 is 0. The van der Waals surface area contributed by atoms with Crippen molar-refractivity contribution in [2.75, 3.05) is 13.7 Å². The first-order chi connectivity index (χ1) is 12.3. The standard InChI is InChI=1S/C22H31NO2/c1-25-19-11-12-20-17(14-19)8-4-9-18(20)15-22(24)23-13-5-10-21(23)16-6-2-3-7-16/h11-12,14,16,18,21H,2-10,13,15H2,1H3/t18-,21-/m0/s1. The second kappa shape index (κ2) is 7.39. The van der Waals surface area contributed by atoms with Gasteiger partial charge in [0.1, 0.15) is 5.75 Å². The van der Waals surface area contributed by atoms with Crippen molar-refractivity contribution in [3.8, 4) is 5.75 Å². The summed E-state index contributed by atoms with van der Waals surface area (Å²) in [5.41, 5.74) is 2.77. The summed E-state index contributed by atoms with van der Waals surface area (Å²) in [7, 11) is 1.72. The number of nitrogens with zero attached hydrogens (tertiary/aromatic N) is 1. The molecule has 1 amide bonds. The van der Waals surface area contributed by atoms with Gasteiger partial charge in [-0.1, -0.05) is 18.9 Å². The number of hydrogen-bond acceptors (Lipinski definition) is 2. The molecule has 136 valence electrons. The van der Waals surface area contributed by atoms with Gasteiger partial charge in [-0.3, -0.25) is 4.79 Å². The first-order valence-electron chi connectivity index (χ1n) is 10.2. The van der Waals surface area contributed by atoms with Gasteiger partial charge in [-0.15, -0.1) is 0 Å². The van der Waals surface area contributed by atoms with Gasteiger partial charge in [-0.25, -0.2) is 0 Å². The Balaban J connectivity index is 1.46. The fourth-order valence-corrected chi connectivity index (χ4v) is 5.49. The maximum absolute atomic E-state index is 13.1. The highest BCUT2D eigenvalue weighted by molar-refractivity contribution is 5.78. The van der Waals surface area contributed by atoms with Crippen LogP contribution in [0.25, 0.3) is 0 Å². The number of rotatable bonds is 4. The molecule has 3 aliphatic rings. The molecule has 0 unspecified atom stereocenters. The monoisotopic (exact) mass is 341 g/mol. The Kier molecular flexibility index (Phi) is 5.00. The van der Waals surface area contributed by atoms with Crippen LogP contribution >= 0.6 is 0 Å². The lowest BCUT2D eigenvalue weighted by Gasteiger charge is -2.32. The maximum Gasteiger partial charge on any atom is 0.223 e. The highest BCUT2D eigenvalue weighted by Crippen LogP contribution is 2.39. The van der Waals surface area contributed by atoms with E-state index in [1.165, 1.54) is 56.1 Å². The minimum Gasteiger partial charge on any atom is -0.497 e. The largest absolute Gasteiger partial charge is 0.497 e. The number of amides is 1. The lowest BCUT2D eigenvalue weighted by Crippen LogP contribution is -2.40. The normalized spacial score (nSPS) is 26.7. The summed E-state index contributed by atoms with van der Waals surface area (Å²) < 4.78 is 5.37. The van der Waals surface area contributed by atoms with Crippen molar-refractivity contribution in [3.63, 3.8) is 0 Å². The van der Waals surface area contributed by atoms with Gasteiger partial charge in [0.2, 0.25) is 5.91 Å². The minimum absolute atomic E-state index is 0.395. The van der Waals surface area contributed by atoms with Gasteiger partial charge in [0.25, 0.3) is 0 Å². The first-order valence-corrected chi connectivity index (χ1v) is 10.2. The number of hydrogen-bond donors (Lipinski definition) is 0. The highest BCUT2D eigenvalue weighted by atomic mass is 16.5. The predicted octanol–water partition coefficient (Wildman–Crippen LogP) is 4.69. The molecule has 3 nitrogen and oxygen atoms in total. The van der Waals surface area contributed by atoms with Gasteiger partial charge in [-0.2, -0.15) is 0 Å². The van der Waals surface area contributed by atoms with E-state index in [0.717, 1.165) is 31.1 Å². The third kappa shape index (κ3) is 3.43. The van der Waals surface area contributed by atoms with E-state index in [4.69, 9.17) is 4.74 Å². The Hall–Kier alpha value is -1.51. The van der Waals surface area contributed by atoms with Crippen LogP contribution in [0.5, 0.6) is 5.75 Å². The Morgan fingerprint density at radius 3 is 2.76 bits per heavy atom. The van der Waals surface area contributed by atoms with Crippen molar-refractivity contribution in [2.45, 2.75) is 76.2 Å². The van der Waals surface area contributed by atoms with Crippen molar-refractivity contribution in [1.82, 2.24) is 4.90 Å². The van der Waals surface area contributed by atoms with Crippen LogP contribution < -0.4 is 4.74 Å². The predicted molar refractivity (Wildman–Crippen MR) is 100.0 cm³/mol. The number of fused-ring (bicyclic) bond motifs is 1. The maximum atomic E-state index is 13.1. The van der Waals surface area contributed by atoms with E-state index in [-0.39, 0.29) is 0 Å². The fraction of sp³-hybridized carbons (Fsp3) is 0.682. The number of carbonyl (C=O) groups is 1. The summed E-state index contributed by atoms with van der Waals surface area (Å²) in [6, 6.07) is 6.96. The number of ether oxygens (including phenoxy) is 1. The molecule has 1 aromatic rings. The minimum atomic E-state index is 0.395. The van der Waals surface area contributed by atoms with Crippen LogP contribution in [0.15, 0.2) is 18.2 Å². The van der Waals surface area contributed by atoms with Crippen LogP contribution in [0.1, 0.15) is 74.8 Å². The molecule has 1 aromatic carbocycles. The fourth-order valence-electron chi connectivity index (χ4n) is 5.49. The molecule has 4 rings (SSSR count). The summed E-state index contributed by atoms with van der Waals surface area (Å²) in [6.45, 7) is 0.988. The summed E-state index contributed by atoms with van der Waals surface area (Å²) in [5.74, 6) is 2.51. The molecule has 2 atom stereocenters.